The third-order valence-electron chi connectivity index (χ3n) is 8.22. The molecule has 6 nitrogen and oxygen atoms in total. The van der Waals surface area contributed by atoms with E-state index < -0.39 is 6.67 Å². The minimum atomic E-state index is -0.436. The summed E-state index contributed by atoms with van der Waals surface area (Å²) in [5.41, 5.74) is 3.81. The number of rotatable bonds is 10. The van der Waals surface area contributed by atoms with Crippen molar-refractivity contribution in [3.05, 3.63) is 76.3 Å². The predicted molar refractivity (Wildman–Crippen MR) is 157 cm³/mol. The Bertz CT molecular complexity index is 1270. The number of anilines is 1. The third kappa shape index (κ3) is 7.60. The molecule has 0 radical (unpaired) electrons. The van der Waals surface area contributed by atoms with Crippen LogP contribution in [0.25, 0.3) is 0 Å². The van der Waals surface area contributed by atoms with E-state index in [0.29, 0.717) is 21.2 Å². The average molecular weight is 561 g/mol. The van der Waals surface area contributed by atoms with E-state index >= 15 is 0 Å². The molecule has 2 heterocycles. The topological polar surface area (TPSA) is 78.2 Å². The van der Waals surface area contributed by atoms with Crippen LogP contribution in [0, 0.1) is 17.2 Å². The van der Waals surface area contributed by atoms with Gasteiger partial charge in [0, 0.05) is 37.7 Å². The van der Waals surface area contributed by atoms with Crippen LogP contribution in [-0.2, 0) is 13.1 Å². The van der Waals surface area contributed by atoms with E-state index in [1.54, 1.807) is 6.20 Å². The highest BCUT2D eigenvalue weighted by molar-refractivity contribution is 7.15. The van der Waals surface area contributed by atoms with Gasteiger partial charge < -0.3 is 15.0 Å². The van der Waals surface area contributed by atoms with E-state index in [1.807, 2.05) is 36.4 Å². The molecule has 1 aromatic heterocycles. The van der Waals surface area contributed by atoms with Crippen LogP contribution in [0.5, 0.6) is 5.19 Å². The zero-order valence-electron chi connectivity index (χ0n) is 22.9. The number of nitriles is 1. The van der Waals surface area contributed by atoms with Gasteiger partial charge in [0.25, 0.3) is 11.1 Å². The molecule has 0 atom stereocenters. The lowest BCUT2D eigenvalue weighted by molar-refractivity contribution is 0.0925. The molecule has 0 unspecified atom stereocenters. The summed E-state index contributed by atoms with van der Waals surface area (Å²) in [6, 6.07) is 17.9. The minimum absolute atomic E-state index is 0.0526. The fourth-order valence-electron chi connectivity index (χ4n) is 5.78. The molecule has 8 heteroatoms. The number of halogens is 1. The van der Waals surface area contributed by atoms with Gasteiger partial charge in [-0.1, -0.05) is 42.0 Å². The van der Waals surface area contributed by atoms with Crippen LogP contribution in [0.15, 0.2) is 54.7 Å². The number of nitrogens with zero attached hydrogens (tertiary/aromatic N) is 3. The number of amides is 1. The molecule has 1 N–H and O–H groups in total. The lowest BCUT2D eigenvalue weighted by Crippen LogP contribution is -2.38. The summed E-state index contributed by atoms with van der Waals surface area (Å²) in [5, 5.41) is 12.7. The third-order valence-corrected chi connectivity index (χ3v) is 9.10. The summed E-state index contributed by atoms with van der Waals surface area (Å²) in [4.78, 5) is 20.1. The van der Waals surface area contributed by atoms with Crippen LogP contribution in [0.2, 0.25) is 0 Å². The van der Waals surface area contributed by atoms with E-state index in [9.17, 15) is 9.18 Å². The number of hydrogen-bond donors (Lipinski definition) is 1. The van der Waals surface area contributed by atoms with Gasteiger partial charge >= 0.3 is 0 Å². The average Bonchev–Trinajstić information content (AvgIpc) is 3.47. The summed E-state index contributed by atoms with van der Waals surface area (Å²) >= 11 is 1.32. The largest absolute Gasteiger partial charge is 0.467 e. The first-order valence-electron chi connectivity index (χ1n) is 14.4. The monoisotopic (exact) mass is 560 g/mol. The molecule has 0 bridgehead atoms. The molecular formula is C32H37FN4O2S. The van der Waals surface area contributed by atoms with E-state index in [0.717, 1.165) is 76.1 Å². The Kier molecular flexibility index (Phi) is 9.67. The highest BCUT2D eigenvalue weighted by Gasteiger charge is 2.25. The van der Waals surface area contributed by atoms with Crippen molar-refractivity contribution < 1.29 is 13.9 Å². The predicted octanol–water partition coefficient (Wildman–Crippen LogP) is 6.84. The molecule has 0 spiro atoms. The molecule has 1 saturated carbocycles. The van der Waals surface area contributed by atoms with E-state index in [1.165, 1.54) is 23.3 Å². The zero-order chi connectivity index (χ0) is 27.7. The minimum Gasteiger partial charge on any atom is -0.467 e. The van der Waals surface area contributed by atoms with Crippen LogP contribution in [-0.4, -0.2) is 36.1 Å². The number of ether oxygens (including phenoxy) is 1. The maximum absolute atomic E-state index is 12.9. The Labute approximate surface area is 240 Å². The SMILES string of the molecule is N#Cc1ccc(CCCC2CCC(NC(=O)c3cnc(OC4CCN(c5ccc(CF)cc5)CC4)s3)CC2)cc1. The molecule has 2 fully saturated rings. The van der Waals surface area contributed by atoms with Crippen LogP contribution < -0.4 is 15.0 Å². The number of carbonyl (C=O) groups is 1. The van der Waals surface area contributed by atoms with E-state index in [2.05, 4.69) is 33.4 Å². The molecule has 2 aliphatic rings. The van der Waals surface area contributed by atoms with Gasteiger partial charge in [0.2, 0.25) is 0 Å². The Morgan fingerprint density at radius 3 is 2.40 bits per heavy atom. The fraction of sp³-hybridized carbons (Fsp3) is 0.469. The molecule has 1 saturated heterocycles. The number of aromatic nitrogens is 1. The van der Waals surface area contributed by atoms with Crippen molar-refractivity contribution in [2.75, 3.05) is 18.0 Å². The molecule has 210 valence electrons. The first kappa shape index (κ1) is 28.1. The van der Waals surface area contributed by atoms with Gasteiger partial charge in [-0.2, -0.15) is 5.26 Å². The normalized spacial score (nSPS) is 19.6. The maximum Gasteiger partial charge on any atom is 0.274 e. The first-order valence-corrected chi connectivity index (χ1v) is 15.2. The molecule has 5 rings (SSSR count). The molecule has 1 aliphatic heterocycles. The Balaban J connectivity index is 0.994. The molecule has 1 aliphatic carbocycles. The van der Waals surface area contributed by atoms with E-state index in [4.69, 9.17) is 10.00 Å². The van der Waals surface area contributed by atoms with Crippen molar-refractivity contribution in [2.24, 2.45) is 5.92 Å². The molecule has 1 amide bonds. The number of hydrogen-bond acceptors (Lipinski definition) is 6. The summed E-state index contributed by atoms with van der Waals surface area (Å²) in [7, 11) is 0. The number of aryl methyl sites for hydroxylation is 1. The Morgan fingerprint density at radius 2 is 1.73 bits per heavy atom. The van der Waals surface area contributed by atoms with Gasteiger partial charge in [0.05, 0.1) is 17.8 Å². The van der Waals surface area contributed by atoms with Gasteiger partial charge in [-0.05, 0) is 79.8 Å². The number of thiazole rings is 1. The number of carbonyl (C=O) groups excluding carboxylic acids is 1. The summed E-state index contributed by atoms with van der Waals surface area (Å²) in [6.45, 7) is 1.31. The highest BCUT2D eigenvalue weighted by atomic mass is 32.1. The second-order valence-corrected chi connectivity index (χ2v) is 12.0. The van der Waals surface area contributed by atoms with Gasteiger partial charge in [-0.3, -0.25) is 4.79 Å². The van der Waals surface area contributed by atoms with Crippen LogP contribution in [0.4, 0.5) is 10.1 Å². The van der Waals surface area contributed by atoms with Crippen molar-refractivity contribution >= 4 is 22.9 Å². The second kappa shape index (κ2) is 13.8. The van der Waals surface area contributed by atoms with E-state index in [-0.39, 0.29) is 18.1 Å². The standard InChI is InChI=1S/C32H37FN4O2S/c33-20-25-10-14-28(15-11-25)37-18-16-29(17-19-37)39-32-35-22-30(40-32)31(38)36-27-12-8-24(9-13-27)3-1-2-23-4-6-26(21-34)7-5-23/h4-7,10-11,14-15,22,24,27,29H,1-3,8-9,12-13,16-20H2,(H,36,38). The zero-order valence-corrected chi connectivity index (χ0v) is 23.7. The van der Waals surface area contributed by atoms with Crippen molar-refractivity contribution in [1.82, 2.24) is 10.3 Å². The van der Waals surface area contributed by atoms with Gasteiger partial charge in [-0.15, -0.1) is 0 Å². The summed E-state index contributed by atoms with van der Waals surface area (Å²) < 4.78 is 18.9. The summed E-state index contributed by atoms with van der Waals surface area (Å²) in [5.74, 6) is 0.666. The Morgan fingerprint density at radius 1 is 1.02 bits per heavy atom. The van der Waals surface area contributed by atoms with Crippen molar-refractivity contribution in [3.63, 3.8) is 0 Å². The fourth-order valence-corrected chi connectivity index (χ4v) is 6.52. The lowest BCUT2D eigenvalue weighted by Gasteiger charge is -2.33. The number of alkyl halides is 1. The lowest BCUT2D eigenvalue weighted by atomic mass is 9.83. The van der Waals surface area contributed by atoms with Crippen LogP contribution >= 0.6 is 11.3 Å². The first-order chi connectivity index (χ1) is 19.6. The van der Waals surface area contributed by atoms with Crippen molar-refractivity contribution in [2.45, 2.75) is 76.6 Å². The number of piperidine rings is 1. The smallest absolute Gasteiger partial charge is 0.274 e. The maximum atomic E-state index is 12.9. The Hall–Kier alpha value is -3.44. The number of benzene rings is 2. The molecule has 3 aromatic rings. The molecular weight excluding hydrogens is 523 g/mol. The van der Waals surface area contributed by atoms with Crippen LogP contribution in [0.1, 0.15) is 77.7 Å². The molecule has 40 heavy (non-hydrogen) atoms. The van der Waals surface area contributed by atoms with Crippen molar-refractivity contribution in [1.29, 1.82) is 5.26 Å². The van der Waals surface area contributed by atoms with Gasteiger partial charge in [0.1, 0.15) is 17.7 Å². The quantitative estimate of drug-likeness (QED) is 0.294. The number of nitrogens with one attached hydrogen (secondary N) is 1. The van der Waals surface area contributed by atoms with Gasteiger partial charge in [-0.25, -0.2) is 9.37 Å². The molecule has 2 aromatic carbocycles. The summed E-state index contributed by atoms with van der Waals surface area (Å²) in [6.07, 6.45) is 11.2. The van der Waals surface area contributed by atoms with Gasteiger partial charge in [0.15, 0.2) is 0 Å². The van der Waals surface area contributed by atoms with Crippen LogP contribution in [0.3, 0.4) is 0 Å². The second-order valence-electron chi connectivity index (χ2n) is 11.0. The van der Waals surface area contributed by atoms with Crippen molar-refractivity contribution in [3.8, 4) is 11.3 Å². The highest BCUT2D eigenvalue weighted by Crippen LogP contribution is 2.30.